The van der Waals surface area contributed by atoms with Crippen molar-refractivity contribution >= 4 is 12.0 Å². The van der Waals surface area contributed by atoms with Crippen LogP contribution in [0, 0.1) is 5.92 Å². The first-order valence-electron chi connectivity index (χ1n) is 10.8. The molecule has 0 aliphatic carbocycles. The number of hydrogen-bond donors (Lipinski definition) is 1. The maximum absolute atomic E-state index is 12.7. The Bertz CT molecular complexity index is 670. The van der Waals surface area contributed by atoms with Crippen molar-refractivity contribution in [3.05, 3.63) is 35.9 Å². The third-order valence-corrected chi connectivity index (χ3v) is 5.70. The number of hydrogen-bond acceptors (Lipinski definition) is 4. The third kappa shape index (κ3) is 6.74. The number of carbonyl (C=O) groups excluding carboxylic acids is 2. The molecule has 6 heteroatoms. The van der Waals surface area contributed by atoms with E-state index < -0.39 is 5.60 Å². The molecule has 2 aliphatic rings. The van der Waals surface area contributed by atoms with E-state index in [1.54, 1.807) is 4.90 Å². The molecule has 1 aromatic carbocycles. The fourth-order valence-corrected chi connectivity index (χ4v) is 4.05. The fraction of sp³-hybridized carbons (Fsp3) is 0.652. The molecule has 0 saturated carbocycles. The van der Waals surface area contributed by atoms with Gasteiger partial charge in [-0.1, -0.05) is 30.3 Å². The SMILES string of the molecule is CC(C)(C)OC(=O)N1CCC(C(=O)NC2CCN(Cc3ccccc3)CC2)CC1. The molecule has 3 rings (SSSR count). The van der Waals surface area contributed by atoms with Crippen LogP contribution in [-0.4, -0.2) is 59.6 Å². The lowest BCUT2D eigenvalue weighted by Gasteiger charge is -2.35. The van der Waals surface area contributed by atoms with E-state index in [0.717, 1.165) is 32.5 Å². The van der Waals surface area contributed by atoms with E-state index in [2.05, 4.69) is 34.5 Å². The molecular weight excluding hydrogens is 366 g/mol. The van der Waals surface area contributed by atoms with Gasteiger partial charge in [0.15, 0.2) is 0 Å². The van der Waals surface area contributed by atoms with Crippen LogP contribution in [0.3, 0.4) is 0 Å². The Balaban J connectivity index is 1.37. The summed E-state index contributed by atoms with van der Waals surface area (Å²) in [6, 6.07) is 10.8. The van der Waals surface area contributed by atoms with Gasteiger partial charge in [0.1, 0.15) is 5.60 Å². The van der Waals surface area contributed by atoms with Crippen LogP contribution in [0.5, 0.6) is 0 Å². The number of benzene rings is 1. The van der Waals surface area contributed by atoms with Crippen LogP contribution in [0.1, 0.15) is 52.0 Å². The number of rotatable bonds is 4. The van der Waals surface area contributed by atoms with E-state index in [-0.39, 0.29) is 24.0 Å². The van der Waals surface area contributed by atoms with Crippen LogP contribution in [0.25, 0.3) is 0 Å². The summed E-state index contributed by atoms with van der Waals surface area (Å²) in [6.07, 6.45) is 3.13. The predicted molar refractivity (Wildman–Crippen MR) is 113 cm³/mol. The zero-order chi connectivity index (χ0) is 20.9. The average Bonchev–Trinajstić information content (AvgIpc) is 2.69. The summed E-state index contributed by atoms with van der Waals surface area (Å²) in [4.78, 5) is 29.0. The largest absolute Gasteiger partial charge is 0.444 e. The quantitative estimate of drug-likeness (QED) is 0.840. The Morgan fingerprint density at radius 1 is 1.00 bits per heavy atom. The first-order valence-corrected chi connectivity index (χ1v) is 10.8. The molecule has 0 bridgehead atoms. The van der Waals surface area contributed by atoms with Gasteiger partial charge in [0.2, 0.25) is 5.91 Å². The Morgan fingerprint density at radius 2 is 1.62 bits per heavy atom. The normalized spacial score (nSPS) is 19.8. The molecule has 2 saturated heterocycles. The van der Waals surface area contributed by atoms with Gasteiger partial charge in [0, 0.05) is 44.7 Å². The van der Waals surface area contributed by atoms with Crippen molar-refractivity contribution < 1.29 is 14.3 Å². The molecule has 6 nitrogen and oxygen atoms in total. The zero-order valence-corrected chi connectivity index (χ0v) is 18.0. The first kappa shape index (κ1) is 21.6. The third-order valence-electron chi connectivity index (χ3n) is 5.70. The number of ether oxygens (including phenoxy) is 1. The smallest absolute Gasteiger partial charge is 0.410 e. The van der Waals surface area contributed by atoms with Gasteiger partial charge in [-0.25, -0.2) is 4.79 Å². The summed E-state index contributed by atoms with van der Waals surface area (Å²) in [5, 5.41) is 3.25. The Labute approximate surface area is 174 Å². The van der Waals surface area contributed by atoms with Crippen molar-refractivity contribution in [1.82, 2.24) is 15.1 Å². The van der Waals surface area contributed by atoms with Gasteiger partial charge in [0.05, 0.1) is 0 Å². The maximum Gasteiger partial charge on any atom is 0.410 e. The summed E-state index contributed by atoms with van der Waals surface area (Å²) in [7, 11) is 0. The van der Waals surface area contributed by atoms with Crippen LogP contribution in [0.2, 0.25) is 0 Å². The summed E-state index contributed by atoms with van der Waals surface area (Å²) in [5.74, 6) is 0.145. The van der Waals surface area contributed by atoms with Crippen molar-refractivity contribution in [3.63, 3.8) is 0 Å². The van der Waals surface area contributed by atoms with E-state index >= 15 is 0 Å². The number of nitrogens with one attached hydrogen (secondary N) is 1. The van der Waals surface area contributed by atoms with Gasteiger partial charge in [-0.05, 0) is 52.0 Å². The standard InChI is InChI=1S/C23H35N3O3/c1-23(2,3)29-22(28)26-15-9-19(10-16-26)21(27)24-20-11-13-25(14-12-20)17-18-7-5-4-6-8-18/h4-8,19-20H,9-17H2,1-3H3,(H,24,27). The van der Waals surface area contributed by atoms with Crippen molar-refractivity contribution in [3.8, 4) is 0 Å². The average molecular weight is 402 g/mol. The van der Waals surface area contributed by atoms with Crippen LogP contribution in [-0.2, 0) is 16.1 Å². The molecule has 2 fully saturated rings. The molecule has 1 N–H and O–H groups in total. The van der Waals surface area contributed by atoms with Crippen molar-refractivity contribution in [2.45, 2.75) is 64.6 Å². The highest BCUT2D eigenvalue weighted by atomic mass is 16.6. The summed E-state index contributed by atoms with van der Waals surface area (Å²) < 4.78 is 5.43. The van der Waals surface area contributed by atoms with Gasteiger partial charge >= 0.3 is 6.09 Å². The van der Waals surface area contributed by atoms with E-state index in [1.165, 1.54) is 5.56 Å². The lowest BCUT2D eigenvalue weighted by molar-refractivity contribution is -0.127. The maximum atomic E-state index is 12.7. The van der Waals surface area contributed by atoms with E-state index in [1.807, 2.05) is 26.8 Å². The Hall–Kier alpha value is -2.08. The van der Waals surface area contributed by atoms with E-state index in [0.29, 0.717) is 25.9 Å². The number of likely N-dealkylation sites (tertiary alicyclic amines) is 2. The monoisotopic (exact) mass is 401 g/mol. The summed E-state index contributed by atoms with van der Waals surface area (Å²) in [6.45, 7) is 9.78. The molecule has 0 radical (unpaired) electrons. The van der Waals surface area contributed by atoms with Crippen molar-refractivity contribution in [1.29, 1.82) is 0 Å². The lowest BCUT2D eigenvalue weighted by atomic mass is 9.95. The second-order valence-corrected chi connectivity index (χ2v) is 9.29. The number of piperidine rings is 2. The van der Waals surface area contributed by atoms with Crippen molar-refractivity contribution in [2.75, 3.05) is 26.2 Å². The topological polar surface area (TPSA) is 61.9 Å². The fourth-order valence-electron chi connectivity index (χ4n) is 4.05. The van der Waals surface area contributed by atoms with Crippen LogP contribution < -0.4 is 5.32 Å². The molecule has 0 unspecified atom stereocenters. The molecule has 1 aromatic rings. The van der Waals surface area contributed by atoms with Crippen molar-refractivity contribution in [2.24, 2.45) is 5.92 Å². The minimum atomic E-state index is -0.485. The highest BCUT2D eigenvalue weighted by Crippen LogP contribution is 2.21. The highest BCUT2D eigenvalue weighted by Gasteiger charge is 2.31. The number of amides is 2. The second-order valence-electron chi connectivity index (χ2n) is 9.29. The molecule has 2 heterocycles. The minimum absolute atomic E-state index is 0.00367. The molecule has 2 amide bonds. The molecular formula is C23H35N3O3. The predicted octanol–water partition coefficient (Wildman–Crippen LogP) is 3.41. The summed E-state index contributed by atoms with van der Waals surface area (Å²) >= 11 is 0. The van der Waals surface area contributed by atoms with E-state index in [9.17, 15) is 9.59 Å². The summed E-state index contributed by atoms with van der Waals surface area (Å²) in [5.41, 5.74) is 0.854. The molecule has 160 valence electrons. The van der Waals surface area contributed by atoms with Crippen LogP contribution >= 0.6 is 0 Å². The molecule has 29 heavy (non-hydrogen) atoms. The van der Waals surface area contributed by atoms with Gasteiger partial charge in [-0.15, -0.1) is 0 Å². The van der Waals surface area contributed by atoms with E-state index in [4.69, 9.17) is 4.74 Å². The first-order chi connectivity index (χ1) is 13.8. The van der Waals surface area contributed by atoms with Gasteiger partial charge in [-0.3, -0.25) is 9.69 Å². The molecule has 0 spiro atoms. The second kappa shape index (κ2) is 9.61. The molecule has 0 atom stereocenters. The van der Waals surface area contributed by atoms with Crippen LogP contribution in [0.15, 0.2) is 30.3 Å². The van der Waals surface area contributed by atoms with Gasteiger partial charge in [0.25, 0.3) is 0 Å². The molecule has 0 aromatic heterocycles. The van der Waals surface area contributed by atoms with Gasteiger partial charge in [-0.2, -0.15) is 0 Å². The highest BCUT2D eigenvalue weighted by molar-refractivity contribution is 5.79. The molecule has 2 aliphatic heterocycles. The number of carbonyl (C=O) groups is 2. The Morgan fingerprint density at radius 3 is 2.21 bits per heavy atom. The van der Waals surface area contributed by atoms with Crippen LogP contribution in [0.4, 0.5) is 4.79 Å². The minimum Gasteiger partial charge on any atom is -0.444 e. The lowest BCUT2D eigenvalue weighted by Crippen LogP contribution is -2.49. The Kier molecular flexibility index (Phi) is 7.17. The zero-order valence-electron chi connectivity index (χ0n) is 18.0. The van der Waals surface area contributed by atoms with Gasteiger partial charge < -0.3 is 15.0 Å². The number of nitrogens with zero attached hydrogens (tertiary/aromatic N) is 2.